The fraction of sp³-hybridized carbons (Fsp3) is 0.275. The van der Waals surface area contributed by atoms with Gasteiger partial charge >= 0.3 is 5.97 Å². The number of carboxylic acid groups (broad SMARTS) is 1. The third kappa shape index (κ3) is 12.0. The van der Waals surface area contributed by atoms with Crippen molar-refractivity contribution in [3.05, 3.63) is 112 Å². The second kappa shape index (κ2) is 19.7. The summed E-state index contributed by atoms with van der Waals surface area (Å²) in [5.41, 5.74) is 8.56. The zero-order chi connectivity index (χ0) is 40.0. The van der Waals surface area contributed by atoms with Gasteiger partial charge in [0.15, 0.2) is 12.0 Å². The van der Waals surface area contributed by atoms with E-state index in [2.05, 4.69) is 31.9 Å². The minimum Gasteiger partial charge on any atom is -0.479 e. The standard InChI is InChI=1S/C40H44N8O7S/c41-40(42)43-20-4-9-30-36(51)48-35(39(54)55)27-14-16-28(17-15-27)44-33(49)18-19-34(50)45-32(23-29-8-5-21-56-29)38(53)47-31(37(52)46-30)22-24-10-12-26(13-11-24)25-6-2-1-3-7-25/h1-3,5-8,10-17,21,30-32,35H,4,9,18-20,22-23H2,(H,44,49)(H,45,50)(H,46,52)(H,47,53)(H,48,51)(H,54,55)(H4,41,42,43)/t30-,31-,32+,35?/m0/s1. The third-order valence-electron chi connectivity index (χ3n) is 9.03. The van der Waals surface area contributed by atoms with Gasteiger partial charge in [-0.2, -0.15) is 0 Å². The van der Waals surface area contributed by atoms with Crippen LogP contribution in [-0.4, -0.2) is 71.2 Å². The summed E-state index contributed by atoms with van der Waals surface area (Å²) in [6, 6.07) is 21.4. The second-order valence-electron chi connectivity index (χ2n) is 13.2. The molecule has 3 heterocycles. The van der Waals surface area contributed by atoms with Gasteiger partial charge in [0.05, 0.1) is 0 Å². The number of nitrogens with two attached hydrogens (primary N) is 1. The number of fused-ring (bicyclic) bond motifs is 17. The maximum absolute atomic E-state index is 14.2. The molecule has 292 valence electrons. The van der Waals surface area contributed by atoms with Crippen LogP contribution >= 0.6 is 11.3 Å². The van der Waals surface area contributed by atoms with Gasteiger partial charge in [0.25, 0.3) is 0 Å². The van der Waals surface area contributed by atoms with Crippen LogP contribution in [0.5, 0.6) is 0 Å². The van der Waals surface area contributed by atoms with Crippen molar-refractivity contribution in [1.29, 1.82) is 5.41 Å². The summed E-state index contributed by atoms with van der Waals surface area (Å²) < 4.78 is 0. The van der Waals surface area contributed by atoms with Crippen molar-refractivity contribution in [2.24, 2.45) is 5.73 Å². The quantitative estimate of drug-likeness (QED) is 0.0496. The molecule has 5 amide bonds. The highest BCUT2D eigenvalue weighted by Crippen LogP contribution is 2.21. The van der Waals surface area contributed by atoms with Crippen LogP contribution in [0.2, 0.25) is 0 Å². The minimum atomic E-state index is -1.52. The number of carbonyl (C=O) groups is 6. The molecule has 0 aliphatic carbocycles. The molecule has 2 bridgehead atoms. The second-order valence-corrected chi connectivity index (χ2v) is 14.3. The molecule has 0 saturated heterocycles. The van der Waals surface area contributed by atoms with Crippen LogP contribution in [0.15, 0.2) is 96.4 Å². The first-order valence-corrected chi connectivity index (χ1v) is 18.9. The van der Waals surface area contributed by atoms with Crippen LogP contribution in [0, 0.1) is 5.41 Å². The number of thiophene rings is 1. The first-order chi connectivity index (χ1) is 26.9. The van der Waals surface area contributed by atoms with E-state index in [1.54, 1.807) is 0 Å². The number of benzene rings is 3. The maximum atomic E-state index is 14.2. The van der Waals surface area contributed by atoms with Crippen molar-refractivity contribution >= 4 is 58.5 Å². The van der Waals surface area contributed by atoms with Gasteiger partial charge in [0, 0.05) is 42.8 Å². The molecule has 3 aromatic carbocycles. The number of rotatable bonds is 10. The van der Waals surface area contributed by atoms with Gasteiger partial charge < -0.3 is 42.7 Å². The lowest BCUT2D eigenvalue weighted by atomic mass is 9.99. The Morgan fingerprint density at radius 2 is 1.36 bits per heavy atom. The van der Waals surface area contributed by atoms with Crippen LogP contribution < -0.4 is 37.6 Å². The van der Waals surface area contributed by atoms with Gasteiger partial charge in [-0.15, -0.1) is 11.3 Å². The van der Waals surface area contributed by atoms with Gasteiger partial charge in [0.2, 0.25) is 29.5 Å². The number of anilines is 1. The number of hydrogen-bond acceptors (Lipinski definition) is 8. The van der Waals surface area contributed by atoms with Gasteiger partial charge in [-0.25, -0.2) is 4.79 Å². The Morgan fingerprint density at radius 3 is 2.00 bits per heavy atom. The number of nitrogens with one attached hydrogen (secondary N) is 7. The summed E-state index contributed by atoms with van der Waals surface area (Å²) in [5, 5.41) is 35.5. The van der Waals surface area contributed by atoms with E-state index in [1.807, 2.05) is 72.1 Å². The predicted octanol–water partition coefficient (Wildman–Crippen LogP) is 2.59. The summed E-state index contributed by atoms with van der Waals surface area (Å²) in [5.74, 6) is -4.89. The average molecular weight is 781 g/mol. The molecule has 16 heteroatoms. The molecule has 0 radical (unpaired) electrons. The van der Waals surface area contributed by atoms with Crippen LogP contribution in [0.1, 0.15) is 47.7 Å². The van der Waals surface area contributed by atoms with E-state index in [1.165, 1.54) is 35.6 Å². The molecule has 1 aromatic heterocycles. The molecule has 0 spiro atoms. The number of guanidine groups is 1. The Hall–Kier alpha value is -6.55. The van der Waals surface area contributed by atoms with E-state index in [4.69, 9.17) is 11.1 Å². The Labute approximate surface area is 327 Å². The maximum Gasteiger partial charge on any atom is 0.330 e. The highest BCUT2D eigenvalue weighted by atomic mass is 32.1. The summed E-state index contributed by atoms with van der Waals surface area (Å²) >= 11 is 1.39. The highest BCUT2D eigenvalue weighted by Gasteiger charge is 2.32. The topological polar surface area (TPSA) is 245 Å². The number of carboxylic acids is 1. The summed E-state index contributed by atoms with van der Waals surface area (Å²) in [7, 11) is 0. The Balaban J connectivity index is 1.49. The van der Waals surface area contributed by atoms with E-state index in [-0.39, 0.29) is 56.6 Å². The number of hydrogen-bond donors (Lipinski definition) is 9. The van der Waals surface area contributed by atoms with Crippen molar-refractivity contribution in [2.45, 2.75) is 62.7 Å². The fourth-order valence-corrected chi connectivity index (χ4v) is 6.85. The average Bonchev–Trinajstić information content (AvgIpc) is 3.70. The lowest BCUT2D eigenvalue weighted by molar-refractivity contribution is -0.142. The van der Waals surface area contributed by atoms with Gasteiger partial charge in [0.1, 0.15) is 18.1 Å². The molecule has 4 aromatic rings. The molecule has 56 heavy (non-hydrogen) atoms. The van der Waals surface area contributed by atoms with E-state index in [0.29, 0.717) is 11.3 Å². The largest absolute Gasteiger partial charge is 0.479 e. The Bertz CT molecular complexity index is 2010. The van der Waals surface area contributed by atoms with E-state index < -0.39 is 59.7 Å². The number of aliphatic carboxylic acids is 1. The molecule has 1 unspecified atom stereocenters. The Kier molecular flexibility index (Phi) is 14.3. The molecule has 4 atom stereocenters. The normalized spacial score (nSPS) is 19.8. The third-order valence-corrected chi connectivity index (χ3v) is 9.93. The molecular formula is C40H44N8O7S. The first kappa shape index (κ1) is 40.6. The van der Waals surface area contributed by atoms with Gasteiger partial charge in [-0.3, -0.25) is 29.4 Å². The predicted molar refractivity (Wildman–Crippen MR) is 211 cm³/mol. The molecule has 2 aliphatic heterocycles. The zero-order valence-electron chi connectivity index (χ0n) is 30.4. The van der Waals surface area contributed by atoms with Crippen molar-refractivity contribution in [2.75, 3.05) is 11.9 Å². The summed E-state index contributed by atoms with van der Waals surface area (Å²) in [6.07, 6.45) is -0.0731. The zero-order valence-corrected chi connectivity index (χ0v) is 31.2. The molecule has 2 aliphatic rings. The lowest BCUT2D eigenvalue weighted by Crippen LogP contribution is -2.58. The van der Waals surface area contributed by atoms with Crippen LogP contribution in [0.25, 0.3) is 11.1 Å². The molecule has 10 N–H and O–H groups in total. The van der Waals surface area contributed by atoms with Crippen LogP contribution in [0.4, 0.5) is 5.69 Å². The van der Waals surface area contributed by atoms with Crippen molar-refractivity contribution < 1.29 is 33.9 Å². The van der Waals surface area contributed by atoms with Crippen LogP contribution in [-0.2, 0) is 41.6 Å². The van der Waals surface area contributed by atoms with E-state index in [9.17, 15) is 33.9 Å². The molecule has 0 fully saturated rings. The molecule has 0 saturated carbocycles. The molecule has 6 rings (SSSR count). The summed E-state index contributed by atoms with van der Waals surface area (Å²) in [6.45, 7) is 0.183. The van der Waals surface area contributed by atoms with Crippen LogP contribution in [0.3, 0.4) is 0 Å². The SMILES string of the molecule is N=C(N)NCCC[C@@H]1NC(=O)[C@H](Cc2ccc(-c3ccccc3)cc2)NC(=O)[C@@H](Cc2cccs2)NC(=O)CCC(=O)Nc2ccc(cc2)C(C(=O)O)NC1=O. The summed E-state index contributed by atoms with van der Waals surface area (Å²) in [4.78, 5) is 81.3. The monoisotopic (exact) mass is 780 g/mol. The lowest BCUT2D eigenvalue weighted by Gasteiger charge is -2.26. The van der Waals surface area contributed by atoms with Gasteiger partial charge in [-0.1, -0.05) is 72.8 Å². The van der Waals surface area contributed by atoms with Gasteiger partial charge in [-0.05, 0) is 58.7 Å². The number of amides is 5. The Morgan fingerprint density at radius 1 is 0.732 bits per heavy atom. The highest BCUT2D eigenvalue weighted by molar-refractivity contribution is 7.09. The molecular weight excluding hydrogens is 737 g/mol. The molecule has 15 nitrogen and oxygen atoms in total. The first-order valence-electron chi connectivity index (χ1n) is 18.0. The number of carbonyl (C=O) groups excluding carboxylic acids is 5. The van der Waals surface area contributed by atoms with Crippen molar-refractivity contribution in [3.63, 3.8) is 0 Å². The van der Waals surface area contributed by atoms with E-state index in [0.717, 1.165) is 16.0 Å². The van der Waals surface area contributed by atoms with Crippen molar-refractivity contribution in [1.82, 2.24) is 26.6 Å². The fourth-order valence-electron chi connectivity index (χ4n) is 6.10. The van der Waals surface area contributed by atoms with E-state index >= 15 is 0 Å². The smallest absolute Gasteiger partial charge is 0.330 e. The van der Waals surface area contributed by atoms with Crippen molar-refractivity contribution in [3.8, 4) is 11.1 Å². The minimum absolute atomic E-state index is 0.00316.